The van der Waals surface area contributed by atoms with E-state index in [1.807, 2.05) is 0 Å². The third-order valence-electron chi connectivity index (χ3n) is 2.64. The minimum absolute atomic E-state index is 0.134. The molecule has 0 spiro atoms. The molecule has 1 heterocycles. The largest absolute Gasteiger partial charge is 0.476 e. The first-order valence-corrected chi connectivity index (χ1v) is 4.59. The van der Waals surface area contributed by atoms with Crippen molar-refractivity contribution in [2.24, 2.45) is 0 Å². The van der Waals surface area contributed by atoms with Gasteiger partial charge in [-0.3, -0.25) is 15.1 Å². The lowest BCUT2D eigenvalue weighted by Gasteiger charge is -2.23. The van der Waals surface area contributed by atoms with Crippen LogP contribution in [-0.2, 0) is 10.3 Å². The molecule has 16 heavy (non-hydrogen) atoms. The molecule has 0 fully saturated rings. The first-order valence-electron chi connectivity index (χ1n) is 4.59. The minimum atomic E-state index is -2.10. The number of hydrogen-bond acceptors (Lipinski definition) is 4. The predicted molar refractivity (Wildman–Crippen MR) is 54.2 cm³/mol. The van der Waals surface area contributed by atoms with Gasteiger partial charge in [0.1, 0.15) is 0 Å². The molecule has 6 nitrogen and oxygen atoms in total. The van der Waals surface area contributed by atoms with E-state index in [2.05, 4.69) is 4.98 Å². The second-order valence-corrected chi connectivity index (χ2v) is 3.47. The molecule has 6 heteroatoms. The van der Waals surface area contributed by atoms with Crippen LogP contribution >= 0.6 is 0 Å². The SMILES string of the molecule is O=C(O)C1([N+](=O)[O-])CC=Cc2ncccc21. The summed E-state index contributed by atoms with van der Waals surface area (Å²) in [4.78, 5) is 25.4. The highest BCUT2D eigenvalue weighted by Gasteiger charge is 2.54. The first kappa shape index (κ1) is 10.3. The summed E-state index contributed by atoms with van der Waals surface area (Å²) in [5.74, 6) is -1.46. The molecular formula is C10H8N2O4. The van der Waals surface area contributed by atoms with Gasteiger partial charge in [-0.25, -0.2) is 4.79 Å². The van der Waals surface area contributed by atoms with Gasteiger partial charge < -0.3 is 5.11 Å². The van der Waals surface area contributed by atoms with E-state index in [1.54, 1.807) is 6.08 Å². The van der Waals surface area contributed by atoms with E-state index in [-0.39, 0.29) is 12.0 Å². The van der Waals surface area contributed by atoms with Crippen LogP contribution in [0, 0.1) is 10.1 Å². The van der Waals surface area contributed by atoms with Crippen LogP contribution in [0.25, 0.3) is 6.08 Å². The maximum atomic E-state index is 11.2. The van der Waals surface area contributed by atoms with Crippen molar-refractivity contribution in [1.29, 1.82) is 0 Å². The maximum absolute atomic E-state index is 11.2. The summed E-state index contributed by atoms with van der Waals surface area (Å²) >= 11 is 0. The monoisotopic (exact) mass is 220 g/mol. The maximum Gasteiger partial charge on any atom is 0.387 e. The molecule has 0 bridgehead atoms. The molecule has 0 amide bonds. The summed E-state index contributed by atoms with van der Waals surface area (Å²) < 4.78 is 0. The minimum Gasteiger partial charge on any atom is -0.476 e. The zero-order chi connectivity index (χ0) is 11.8. The summed E-state index contributed by atoms with van der Waals surface area (Å²) in [7, 11) is 0. The standard InChI is InChI=1S/C10H8N2O4/c13-9(14)10(12(15)16)5-1-4-8-7(10)3-2-6-11-8/h1-4,6H,5H2,(H,13,14). The topological polar surface area (TPSA) is 93.3 Å². The van der Waals surface area contributed by atoms with Gasteiger partial charge >= 0.3 is 11.5 Å². The van der Waals surface area contributed by atoms with E-state index in [9.17, 15) is 14.9 Å². The second-order valence-electron chi connectivity index (χ2n) is 3.47. The fourth-order valence-electron chi connectivity index (χ4n) is 1.80. The summed E-state index contributed by atoms with van der Waals surface area (Å²) in [6.07, 6.45) is 4.38. The lowest BCUT2D eigenvalue weighted by Crippen LogP contribution is -2.44. The molecule has 1 aromatic rings. The third kappa shape index (κ3) is 1.19. The molecular weight excluding hydrogens is 212 g/mol. The van der Waals surface area contributed by atoms with Gasteiger partial charge in [0.15, 0.2) is 0 Å². The third-order valence-corrected chi connectivity index (χ3v) is 2.64. The lowest BCUT2D eigenvalue weighted by atomic mass is 9.82. The molecule has 82 valence electrons. The van der Waals surface area contributed by atoms with Crippen molar-refractivity contribution in [2.75, 3.05) is 0 Å². The van der Waals surface area contributed by atoms with Gasteiger partial charge in [-0.2, -0.15) is 0 Å². The molecule has 1 aliphatic carbocycles. The van der Waals surface area contributed by atoms with Crippen LogP contribution in [-0.4, -0.2) is 21.0 Å². The van der Waals surface area contributed by atoms with Gasteiger partial charge in [0.2, 0.25) is 0 Å². The van der Waals surface area contributed by atoms with Crippen LogP contribution in [0.1, 0.15) is 17.7 Å². The Kier molecular flexibility index (Phi) is 2.19. The average Bonchev–Trinajstić information content (AvgIpc) is 2.27. The Morgan fingerprint density at radius 1 is 1.62 bits per heavy atom. The Morgan fingerprint density at radius 2 is 2.38 bits per heavy atom. The Hall–Kier alpha value is -2.24. The molecule has 1 N–H and O–H groups in total. The number of carbonyl (C=O) groups is 1. The zero-order valence-corrected chi connectivity index (χ0v) is 8.16. The van der Waals surface area contributed by atoms with Gasteiger partial charge in [-0.05, 0) is 18.2 Å². The van der Waals surface area contributed by atoms with Crippen molar-refractivity contribution in [3.05, 3.63) is 45.8 Å². The van der Waals surface area contributed by atoms with Crippen molar-refractivity contribution in [1.82, 2.24) is 4.98 Å². The van der Waals surface area contributed by atoms with E-state index >= 15 is 0 Å². The number of carboxylic acid groups (broad SMARTS) is 1. The summed E-state index contributed by atoms with van der Waals surface area (Å²) in [5, 5.41) is 20.1. The summed E-state index contributed by atoms with van der Waals surface area (Å²) in [6.45, 7) is 0. The smallest absolute Gasteiger partial charge is 0.387 e. The van der Waals surface area contributed by atoms with Crippen molar-refractivity contribution < 1.29 is 14.8 Å². The van der Waals surface area contributed by atoms with Gasteiger partial charge in [0, 0.05) is 11.1 Å². The first-order chi connectivity index (χ1) is 7.59. The number of rotatable bonds is 2. The van der Waals surface area contributed by atoms with Crippen LogP contribution < -0.4 is 0 Å². The second kappa shape index (κ2) is 3.41. The van der Waals surface area contributed by atoms with Gasteiger partial charge in [0.25, 0.3) is 0 Å². The number of pyridine rings is 1. The summed E-state index contributed by atoms with van der Waals surface area (Å²) in [6, 6.07) is 2.93. The van der Waals surface area contributed by atoms with Gasteiger partial charge in [-0.1, -0.05) is 6.08 Å². The van der Waals surface area contributed by atoms with Crippen LogP contribution in [0.15, 0.2) is 24.4 Å². The van der Waals surface area contributed by atoms with Crippen LogP contribution in [0.3, 0.4) is 0 Å². The molecule has 1 unspecified atom stereocenters. The number of hydrogen-bond donors (Lipinski definition) is 1. The Balaban J connectivity index is 2.71. The molecule has 0 saturated heterocycles. The number of nitro groups is 1. The van der Waals surface area contributed by atoms with Crippen LogP contribution in [0.4, 0.5) is 0 Å². The van der Waals surface area contributed by atoms with E-state index in [0.717, 1.165) is 0 Å². The van der Waals surface area contributed by atoms with Gasteiger partial charge in [-0.15, -0.1) is 0 Å². The summed E-state index contributed by atoms with van der Waals surface area (Å²) in [5.41, 5.74) is -1.62. The fourth-order valence-corrected chi connectivity index (χ4v) is 1.80. The van der Waals surface area contributed by atoms with E-state index in [4.69, 9.17) is 5.11 Å². The average molecular weight is 220 g/mol. The Bertz CT molecular complexity index is 481. The van der Waals surface area contributed by atoms with Crippen LogP contribution in [0.5, 0.6) is 0 Å². The molecule has 0 saturated carbocycles. The van der Waals surface area contributed by atoms with E-state index in [1.165, 1.54) is 24.4 Å². The molecule has 2 rings (SSSR count). The van der Waals surface area contributed by atoms with Gasteiger partial charge in [0.05, 0.1) is 17.7 Å². The zero-order valence-electron chi connectivity index (χ0n) is 8.16. The van der Waals surface area contributed by atoms with E-state index < -0.39 is 16.4 Å². The highest BCUT2D eigenvalue weighted by Crippen LogP contribution is 2.35. The highest BCUT2D eigenvalue weighted by molar-refractivity contribution is 5.82. The van der Waals surface area contributed by atoms with Crippen molar-refractivity contribution in [3.63, 3.8) is 0 Å². The van der Waals surface area contributed by atoms with Crippen molar-refractivity contribution >= 4 is 12.0 Å². The Labute approximate surface area is 90.4 Å². The quantitative estimate of drug-likeness (QED) is 0.594. The molecule has 1 atom stereocenters. The van der Waals surface area contributed by atoms with Crippen LogP contribution in [0.2, 0.25) is 0 Å². The molecule has 1 aromatic heterocycles. The lowest BCUT2D eigenvalue weighted by molar-refractivity contribution is -0.563. The van der Waals surface area contributed by atoms with Crippen molar-refractivity contribution in [3.8, 4) is 0 Å². The molecule has 0 aliphatic heterocycles. The fraction of sp³-hybridized carbons (Fsp3) is 0.200. The molecule has 0 radical (unpaired) electrons. The number of aliphatic carboxylic acids is 1. The predicted octanol–water partition coefficient (Wildman–Crippen LogP) is 1.06. The molecule has 0 aromatic carbocycles. The molecule has 1 aliphatic rings. The van der Waals surface area contributed by atoms with Crippen molar-refractivity contribution in [2.45, 2.75) is 12.0 Å². The Morgan fingerprint density at radius 3 is 3.00 bits per heavy atom. The normalized spacial score (nSPS) is 22.5. The number of fused-ring (bicyclic) bond motifs is 1. The van der Waals surface area contributed by atoms with E-state index in [0.29, 0.717) is 5.69 Å². The highest BCUT2D eigenvalue weighted by atomic mass is 16.6. The number of carboxylic acids is 1. The number of nitrogens with zero attached hydrogens (tertiary/aromatic N) is 2. The number of aromatic nitrogens is 1.